The Morgan fingerprint density at radius 3 is 2.68 bits per heavy atom. The van der Waals surface area contributed by atoms with Crippen molar-refractivity contribution < 1.29 is 14.7 Å². The lowest BCUT2D eigenvalue weighted by Crippen LogP contribution is -2.25. The highest BCUT2D eigenvalue weighted by Gasteiger charge is 2.14. The molecular weight excluding hydrogens is 304 g/mol. The van der Waals surface area contributed by atoms with Crippen molar-refractivity contribution in [1.29, 1.82) is 0 Å². The van der Waals surface area contributed by atoms with Gasteiger partial charge in [0.15, 0.2) is 0 Å². The summed E-state index contributed by atoms with van der Waals surface area (Å²) in [5, 5.41) is 17.3. The van der Waals surface area contributed by atoms with Crippen molar-refractivity contribution in [2.24, 2.45) is 7.05 Å². The smallest absolute Gasteiger partial charge is 0.365 e. The number of aromatic carboxylic acids is 1. The molecule has 0 bridgehead atoms. The standard InChI is InChI=1S/C14H18N4O3S/c1-8-10(9(2)18(3)17-8)5-4-6-15-12(19)11-7-22-13(16-11)14(20)21/h7H,4-6H2,1-3H3,(H,15,19)(H,20,21). The van der Waals surface area contributed by atoms with Gasteiger partial charge in [-0.1, -0.05) is 0 Å². The summed E-state index contributed by atoms with van der Waals surface area (Å²) in [6, 6.07) is 0. The van der Waals surface area contributed by atoms with E-state index in [-0.39, 0.29) is 16.6 Å². The van der Waals surface area contributed by atoms with Gasteiger partial charge < -0.3 is 10.4 Å². The Labute approximate surface area is 132 Å². The summed E-state index contributed by atoms with van der Waals surface area (Å²) in [5.41, 5.74) is 3.50. The molecule has 0 unspecified atom stereocenters. The summed E-state index contributed by atoms with van der Waals surface area (Å²) in [6.45, 7) is 4.51. The van der Waals surface area contributed by atoms with E-state index in [1.807, 2.05) is 25.6 Å². The Bertz CT molecular complexity index is 705. The first-order chi connectivity index (χ1) is 10.4. The lowest BCUT2D eigenvalue weighted by Gasteiger charge is -2.04. The Hall–Kier alpha value is -2.22. The van der Waals surface area contributed by atoms with Gasteiger partial charge in [0, 0.05) is 24.7 Å². The highest BCUT2D eigenvalue weighted by atomic mass is 32.1. The molecule has 2 aromatic heterocycles. The van der Waals surface area contributed by atoms with E-state index in [1.54, 1.807) is 0 Å². The third-order valence-corrected chi connectivity index (χ3v) is 4.30. The topological polar surface area (TPSA) is 97.1 Å². The number of rotatable bonds is 6. The highest BCUT2D eigenvalue weighted by molar-refractivity contribution is 7.11. The number of amides is 1. The molecule has 0 saturated heterocycles. The molecule has 22 heavy (non-hydrogen) atoms. The summed E-state index contributed by atoms with van der Waals surface area (Å²) in [5.74, 6) is -1.46. The number of nitrogens with zero attached hydrogens (tertiary/aromatic N) is 3. The number of carboxylic acids is 1. The first kappa shape index (κ1) is 16.2. The average Bonchev–Trinajstić information content (AvgIpc) is 3.03. The van der Waals surface area contributed by atoms with Crippen molar-refractivity contribution >= 4 is 23.2 Å². The zero-order valence-corrected chi connectivity index (χ0v) is 13.5. The SMILES string of the molecule is Cc1nn(C)c(C)c1CCCNC(=O)c1csc(C(=O)O)n1. The van der Waals surface area contributed by atoms with Gasteiger partial charge in [0.1, 0.15) is 5.69 Å². The maximum atomic E-state index is 11.9. The maximum absolute atomic E-state index is 11.9. The molecule has 0 aliphatic rings. The number of hydrogen-bond acceptors (Lipinski definition) is 5. The van der Waals surface area contributed by atoms with E-state index in [9.17, 15) is 9.59 Å². The molecule has 2 aromatic rings. The maximum Gasteiger partial charge on any atom is 0.365 e. The minimum absolute atomic E-state index is 0.0771. The zero-order chi connectivity index (χ0) is 16.3. The molecule has 1 amide bonds. The van der Waals surface area contributed by atoms with Crippen LogP contribution in [0.4, 0.5) is 0 Å². The number of thiazole rings is 1. The molecule has 0 aliphatic carbocycles. The second-order valence-electron chi connectivity index (χ2n) is 4.98. The molecule has 7 nitrogen and oxygen atoms in total. The summed E-state index contributed by atoms with van der Waals surface area (Å²) in [4.78, 5) is 26.4. The molecular formula is C14H18N4O3S. The summed E-state index contributed by atoms with van der Waals surface area (Å²) in [6.07, 6.45) is 1.62. The monoisotopic (exact) mass is 322 g/mol. The number of carbonyl (C=O) groups is 2. The molecule has 2 N–H and O–H groups in total. The number of hydrogen-bond donors (Lipinski definition) is 2. The van der Waals surface area contributed by atoms with Gasteiger partial charge in [-0.05, 0) is 32.3 Å². The predicted octanol–water partition coefficient (Wildman–Crippen LogP) is 1.55. The Morgan fingerprint density at radius 1 is 1.41 bits per heavy atom. The van der Waals surface area contributed by atoms with Crippen molar-refractivity contribution in [2.45, 2.75) is 26.7 Å². The third-order valence-electron chi connectivity index (χ3n) is 3.47. The normalized spacial score (nSPS) is 10.7. The number of nitrogens with one attached hydrogen (secondary N) is 1. The van der Waals surface area contributed by atoms with Gasteiger partial charge in [-0.3, -0.25) is 9.48 Å². The van der Waals surface area contributed by atoms with Crippen LogP contribution in [0.3, 0.4) is 0 Å². The van der Waals surface area contributed by atoms with Crippen LogP contribution < -0.4 is 5.32 Å². The van der Waals surface area contributed by atoms with Crippen LogP contribution in [-0.2, 0) is 13.5 Å². The number of aromatic nitrogens is 3. The summed E-state index contributed by atoms with van der Waals surface area (Å²) < 4.78 is 1.85. The van der Waals surface area contributed by atoms with Crippen molar-refractivity contribution in [3.8, 4) is 0 Å². The van der Waals surface area contributed by atoms with E-state index < -0.39 is 5.97 Å². The molecule has 2 rings (SSSR count). The minimum atomic E-state index is -1.12. The fourth-order valence-electron chi connectivity index (χ4n) is 2.21. The lowest BCUT2D eigenvalue weighted by molar-refractivity contribution is 0.0696. The third kappa shape index (κ3) is 3.51. The molecule has 0 aromatic carbocycles. The van der Waals surface area contributed by atoms with Crippen LogP contribution in [0.15, 0.2) is 5.38 Å². The van der Waals surface area contributed by atoms with Gasteiger partial charge in [-0.25, -0.2) is 9.78 Å². The van der Waals surface area contributed by atoms with E-state index >= 15 is 0 Å². The molecule has 0 radical (unpaired) electrons. The number of carboxylic acid groups (broad SMARTS) is 1. The Morgan fingerprint density at radius 2 is 2.14 bits per heavy atom. The average molecular weight is 322 g/mol. The fraction of sp³-hybridized carbons (Fsp3) is 0.429. The fourth-order valence-corrected chi connectivity index (χ4v) is 2.85. The van der Waals surface area contributed by atoms with Gasteiger partial charge in [-0.2, -0.15) is 5.10 Å². The zero-order valence-electron chi connectivity index (χ0n) is 12.7. The Balaban J connectivity index is 1.83. The molecule has 0 atom stereocenters. The number of aryl methyl sites for hydroxylation is 2. The molecule has 8 heteroatoms. The van der Waals surface area contributed by atoms with Gasteiger partial charge >= 0.3 is 5.97 Å². The molecule has 0 fully saturated rings. The van der Waals surface area contributed by atoms with E-state index in [4.69, 9.17) is 5.11 Å². The molecule has 0 spiro atoms. The van der Waals surface area contributed by atoms with Crippen LogP contribution in [0.2, 0.25) is 0 Å². The van der Waals surface area contributed by atoms with E-state index in [0.29, 0.717) is 6.54 Å². The van der Waals surface area contributed by atoms with Crippen molar-refractivity contribution in [3.63, 3.8) is 0 Å². The first-order valence-corrected chi connectivity index (χ1v) is 7.74. The van der Waals surface area contributed by atoms with Gasteiger partial charge in [0.05, 0.1) is 5.69 Å². The second kappa shape index (κ2) is 6.69. The van der Waals surface area contributed by atoms with Crippen molar-refractivity contribution in [1.82, 2.24) is 20.1 Å². The van der Waals surface area contributed by atoms with Gasteiger partial charge in [0.2, 0.25) is 5.01 Å². The van der Waals surface area contributed by atoms with E-state index in [1.165, 1.54) is 10.9 Å². The van der Waals surface area contributed by atoms with Gasteiger partial charge in [-0.15, -0.1) is 11.3 Å². The van der Waals surface area contributed by atoms with Crippen LogP contribution in [0.1, 0.15) is 43.7 Å². The highest BCUT2D eigenvalue weighted by Crippen LogP contribution is 2.14. The van der Waals surface area contributed by atoms with E-state index in [0.717, 1.165) is 35.6 Å². The van der Waals surface area contributed by atoms with Crippen molar-refractivity contribution in [3.05, 3.63) is 33.0 Å². The van der Waals surface area contributed by atoms with Crippen LogP contribution >= 0.6 is 11.3 Å². The molecule has 2 heterocycles. The van der Waals surface area contributed by atoms with Crippen LogP contribution in [-0.4, -0.2) is 38.3 Å². The lowest BCUT2D eigenvalue weighted by atomic mass is 10.1. The van der Waals surface area contributed by atoms with Crippen LogP contribution in [0.5, 0.6) is 0 Å². The predicted molar refractivity (Wildman–Crippen MR) is 82.4 cm³/mol. The van der Waals surface area contributed by atoms with Crippen LogP contribution in [0.25, 0.3) is 0 Å². The van der Waals surface area contributed by atoms with Crippen molar-refractivity contribution in [2.75, 3.05) is 6.54 Å². The first-order valence-electron chi connectivity index (χ1n) is 6.86. The summed E-state index contributed by atoms with van der Waals surface area (Å²) >= 11 is 0.946. The summed E-state index contributed by atoms with van der Waals surface area (Å²) in [7, 11) is 1.91. The van der Waals surface area contributed by atoms with E-state index in [2.05, 4.69) is 15.4 Å². The number of carbonyl (C=O) groups excluding carboxylic acids is 1. The molecule has 0 aliphatic heterocycles. The molecule has 0 saturated carbocycles. The van der Waals surface area contributed by atoms with Crippen LogP contribution in [0, 0.1) is 13.8 Å². The quantitative estimate of drug-likeness (QED) is 0.787. The minimum Gasteiger partial charge on any atom is -0.476 e. The second-order valence-corrected chi connectivity index (χ2v) is 5.83. The Kier molecular flexibility index (Phi) is 4.92. The molecule has 118 valence electrons. The largest absolute Gasteiger partial charge is 0.476 e. The van der Waals surface area contributed by atoms with Gasteiger partial charge in [0.25, 0.3) is 5.91 Å².